The Hall–Kier alpha value is -1.28. The Labute approximate surface area is 128 Å². The van der Waals surface area contributed by atoms with Crippen molar-refractivity contribution in [3.05, 3.63) is 35.6 Å². The van der Waals surface area contributed by atoms with Gasteiger partial charge in [0.25, 0.3) is 0 Å². The highest BCUT2D eigenvalue weighted by molar-refractivity contribution is 5.82. The van der Waals surface area contributed by atoms with Gasteiger partial charge in [-0.2, -0.15) is 0 Å². The fraction of sp³-hybridized carbons (Fsp3) is 0.579. The summed E-state index contributed by atoms with van der Waals surface area (Å²) in [6.45, 7) is 9.96. The lowest BCUT2D eigenvalue weighted by Gasteiger charge is -2.16. The summed E-state index contributed by atoms with van der Waals surface area (Å²) in [6.07, 6.45) is 4.64. The van der Waals surface area contributed by atoms with E-state index < -0.39 is 0 Å². The number of aryl methyl sites for hydroxylation is 1. The third kappa shape index (κ3) is 4.34. The second kappa shape index (κ2) is 7.65. The summed E-state index contributed by atoms with van der Waals surface area (Å²) in [7, 11) is 0. The summed E-state index contributed by atoms with van der Waals surface area (Å²) in [5.41, 5.74) is 2.38. The first-order chi connectivity index (χ1) is 10.1. The van der Waals surface area contributed by atoms with Gasteiger partial charge in [-0.1, -0.05) is 45.4 Å². The van der Waals surface area contributed by atoms with Gasteiger partial charge in [0.2, 0.25) is 0 Å². The summed E-state index contributed by atoms with van der Waals surface area (Å²) in [6, 6.07) is 8.94. The van der Waals surface area contributed by atoms with E-state index in [1.165, 1.54) is 36.0 Å². The van der Waals surface area contributed by atoms with Crippen molar-refractivity contribution in [2.45, 2.75) is 66.0 Å². The average molecular weight is 287 g/mol. The molecule has 0 bridgehead atoms. The van der Waals surface area contributed by atoms with Gasteiger partial charge in [0, 0.05) is 30.0 Å². The van der Waals surface area contributed by atoms with E-state index in [9.17, 15) is 0 Å². The van der Waals surface area contributed by atoms with Gasteiger partial charge in [-0.3, -0.25) is 0 Å². The third-order valence-electron chi connectivity index (χ3n) is 3.99. The Bertz CT molecular complexity index is 556. The first-order valence-corrected chi connectivity index (χ1v) is 8.34. The molecule has 1 heterocycles. The maximum atomic E-state index is 6.07. The molecular weight excluding hydrogens is 258 g/mol. The van der Waals surface area contributed by atoms with E-state index >= 15 is 0 Å². The van der Waals surface area contributed by atoms with Crippen molar-refractivity contribution in [2.24, 2.45) is 5.92 Å². The summed E-state index contributed by atoms with van der Waals surface area (Å²) in [5, 5.41) is 4.94. The minimum Gasteiger partial charge on any atom is -0.461 e. The lowest BCUT2D eigenvalue weighted by atomic mass is 10.0. The molecule has 21 heavy (non-hydrogen) atoms. The van der Waals surface area contributed by atoms with E-state index in [0.29, 0.717) is 6.04 Å². The van der Waals surface area contributed by atoms with Crippen LogP contribution in [0.15, 0.2) is 28.7 Å². The minimum atomic E-state index is 0.540. The number of nitrogens with one attached hydrogen (secondary N) is 1. The van der Waals surface area contributed by atoms with Crippen LogP contribution in [0.2, 0.25) is 0 Å². The average Bonchev–Trinajstić information content (AvgIpc) is 2.79. The molecule has 2 heteroatoms. The van der Waals surface area contributed by atoms with Gasteiger partial charge in [-0.05, 0) is 31.7 Å². The van der Waals surface area contributed by atoms with Crippen molar-refractivity contribution < 1.29 is 4.42 Å². The van der Waals surface area contributed by atoms with Crippen LogP contribution in [0.4, 0.5) is 0 Å². The Morgan fingerprint density at radius 3 is 2.62 bits per heavy atom. The largest absolute Gasteiger partial charge is 0.461 e. The van der Waals surface area contributed by atoms with Crippen LogP contribution in [-0.2, 0) is 13.0 Å². The minimum absolute atomic E-state index is 0.540. The molecule has 1 unspecified atom stereocenters. The van der Waals surface area contributed by atoms with Crippen molar-refractivity contribution in [3.8, 4) is 0 Å². The summed E-state index contributed by atoms with van der Waals surface area (Å²) in [4.78, 5) is 0. The molecule has 0 amide bonds. The Morgan fingerprint density at radius 1 is 1.14 bits per heavy atom. The van der Waals surface area contributed by atoms with Crippen molar-refractivity contribution in [1.29, 1.82) is 0 Å². The topological polar surface area (TPSA) is 25.2 Å². The lowest BCUT2D eigenvalue weighted by molar-refractivity contribution is 0.438. The number of rotatable bonds is 8. The van der Waals surface area contributed by atoms with Crippen LogP contribution in [0, 0.1) is 5.92 Å². The first-order valence-electron chi connectivity index (χ1n) is 8.34. The fourth-order valence-corrected chi connectivity index (χ4v) is 2.95. The summed E-state index contributed by atoms with van der Waals surface area (Å²) >= 11 is 0. The van der Waals surface area contributed by atoms with Crippen LogP contribution in [-0.4, -0.2) is 6.04 Å². The molecule has 1 N–H and O–H groups in total. The van der Waals surface area contributed by atoms with Gasteiger partial charge in [-0.25, -0.2) is 0 Å². The van der Waals surface area contributed by atoms with E-state index in [1.54, 1.807) is 0 Å². The molecule has 2 nitrogen and oxygen atoms in total. The predicted octanol–water partition coefficient (Wildman–Crippen LogP) is 5.30. The monoisotopic (exact) mass is 287 g/mol. The van der Waals surface area contributed by atoms with Gasteiger partial charge in [0.15, 0.2) is 0 Å². The molecule has 0 radical (unpaired) electrons. The highest BCUT2D eigenvalue weighted by atomic mass is 16.3. The van der Waals surface area contributed by atoms with Crippen LogP contribution in [0.5, 0.6) is 0 Å². The van der Waals surface area contributed by atoms with Crippen molar-refractivity contribution in [2.75, 3.05) is 0 Å². The predicted molar refractivity (Wildman–Crippen MR) is 90.6 cm³/mol. The van der Waals surface area contributed by atoms with Gasteiger partial charge in [-0.15, -0.1) is 0 Å². The van der Waals surface area contributed by atoms with Gasteiger partial charge >= 0.3 is 0 Å². The maximum absolute atomic E-state index is 6.07. The van der Waals surface area contributed by atoms with Gasteiger partial charge < -0.3 is 9.73 Å². The molecular formula is C19H29NO. The zero-order valence-electron chi connectivity index (χ0n) is 13.9. The summed E-state index contributed by atoms with van der Waals surface area (Å²) < 4.78 is 6.07. The highest BCUT2D eigenvalue weighted by Gasteiger charge is 2.14. The lowest BCUT2D eigenvalue weighted by Crippen LogP contribution is -2.27. The Balaban J connectivity index is 2.15. The SMILES string of the molecule is CCCCc1oc2ccccc2c1CNC(C)CC(C)C. The Kier molecular flexibility index (Phi) is 5.86. The summed E-state index contributed by atoms with van der Waals surface area (Å²) in [5.74, 6) is 1.90. The number of fused-ring (bicyclic) bond motifs is 1. The second-order valence-electron chi connectivity index (χ2n) is 6.52. The van der Waals surface area contributed by atoms with Crippen LogP contribution >= 0.6 is 0 Å². The number of hydrogen-bond donors (Lipinski definition) is 1. The molecule has 1 aromatic carbocycles. The molecule has 1 aromatic heterocycles. The number of para-hydroxylation sites is 1. The normalized spacial score (nSPS) is 13.2. The van der Waals surface area contributed by atoms with E-state index in [-0.39, 0.29) is 0 Å². The van der Waals surface area contributed by atoms with E-state index in [1.807, 2.05) is 6.07 Å². The molecule has 2 aromatic rings. The number of furan rings is 1. The number of hydrogen-bond acceptors (Lipinski definition) is 2. The number of benzene rings is 1. The molecule has 1 atom stereocenters. The smallest absolute Gasteiger partial charge is 0.134 e. The van der Waals surface area contributed by atoms with Crippen molar-refractivity contribution in [1.82, 2.24) is 5.32 Å². The molecule has 0 aliphatic heterocycles. The maximum Gasteiger partial charge on any atom is 0.134 e. The quantitative estimate of drug-likeness (QED) is 0.712. The van der Waals surface area contributed by atoms with E-state index in [2.05, 4.69) is 51.2 Å². The number of unbranched alkanes of at least 4 members (excludes halogenated alkanes) is 1. The molecule has 0 spiro atoms. The van der Waals surface area contributed by atoms with Gasteiger partial charge in [0.1, 0.15) is 11.3 Å². The molecule has 0 aliphatic carbocycles. The molecule has 0 fully saturated rings. The Morgan fingerprint density at radius 2 is 1.90 bits per heavy atom. The zero-order valence-corrected chi connectivity index (χ0v) is 13.9. The van der Waals surface area contributed by atoms with Crippen LogP contribution < -0.4 is 5.32 Å². The van der Waals surface area contributed by atoms with Crippen LogP contribution in [0.3, 0.4) is 0 Å². The molecule has 116 valence electrons. The van der Waals surface area contributed by atoms with Crippen molar-refractivity contribution in [3.63, 3.8) is 0 Å². The van der Waals surface area contributed by atoms with E-state index in [4.69, 9.17) is 4.42 Å². The first kappa shape index (κ1) is 16.1. The second-order valence-corrected chi connectivity index (χ2v) is 6.52. The van der Waals surface area contributed by atoms with Crippen molar-refractivity contribution >= 4 is 11.0 Å². The van der Waals surface area contributed by atoms with Crippen LogP contribution in [0.1, 0.15) is 58.3 Å². The van der Waals surface area contributed by atoms with E-state index in [0.717, 1.165) is 24.5 Å². The standard InChI is InChI=1S/C19H29NO/c1-5-6-10-19-17(13-20-15(4)12-14(2)3)16-9-7-8-11-18(16)21-19/h7-9,11,14-15,20H,5-6,10,12-13H2,1-4H3. The molecule has 0 aliphatic rings. The highest BCUT2D eigenvalue weighted by Crippen LogP contribution is 2.27. The van der Waals surface area contributed by atoms with Gasteiger partial charge in [0.05, 0.1) is 0 Å². The van der Waals surface area contributed by atoms with Crippen LogP contribution in [0.25, 0.3) is 11.0 Å². The zero-order chi connectivity index (χ0) is 15.2. The molecule has 2 rings (SSSR count). The third-order valence-corrected chi connectivity index (χ3v) is 3.99. The molecule has 0 saturated carbocycles. The molecule has 0 saturated heterocycles. The fourth-order valence-electron chi connectivity index (χ4n) is 2.95.